The quantitative estimate of drug-likeness (QED) is 0.767. The first-order chi connectivity index (χ1) is 11.1. The molecule has 0 bridgehead atoms. The van der Waals surface area contributed by atoms with E-state index in [0.717, 1.165) is 10.2 Å². The number of nitrogens with one attached hydrogen (secondary N) is 2. The van der Waals surface area contributed by atoms with Gasteiger partial charge < -0.3 is 14.8 Å². The topological polar surface area (TPSA) is 59.6 Å². The average Bonchev–Trinajstić information content (AvgIpc) is 2.54. The van der Waals surface area contributed by atoms with Gasteiger partial charge in [0.2, 0.25) is 0 Å². The molecule has 0 spiro atoms. The van der Waals surface area contributed by atoms with Crippen LogP contribution < -0.4 is 20.1 Å². The van der Waals surface area contributed by atoms with Crippen molar-refractivity contribution in [3.8, 4) is 11.5 Å². The van der Waals surface area contributed by atoms with Gasteiger partial charge in [0.25, 0.3) is 5.91 Å². The summed E-state index contributed by atoms with van der Waals surface area (Å²) in [5.74, 6) is 0.895. The molecule has 1 aliphatic heterocycles. The lowest BCUT2D eigenvalue weighted by Gasteiger charge is -2.18. The molecule has 0 aromatic heterocycles. The Labute approximate surface area is 147 Å². The molecule has 23 heavy (non-hydrogen) atoms. The summed E-state index contributed by atoms with van der Waals surface area (Å²) in [5.41, 5.74) is 1.24. The molecule has 7 heteroatoms. The number of benzene rings is 2. The Bertz CT molecular complexity index is 767. The monoisotopic (exact) mass is 392 g/mol. The third-order valence-electron chi connectivity index (χ3n) is 3.11. The van der Waals surface area contributed by atoms with Gasteiger partial charge in [-0.15, -0.1) is 0 Å². The van der Waals surface area contributed by atoms with Gasteiger partial charge in [0, 0.05) is 15.7 Å². The summed E-state index contributed by atoms with van der Waals surface area (Å²) in [6.07, 6.45) is 0. The van der Waals surface area contributed by atoms with Crippen LogP contribution in [0.5, 0.6) is 11.5 Å². The Morgan fingerprint density at radius 2 is 1.87 bits per heavy atom. The van der Waals surface area contributed by atoms with Gasteiger partial charge in [-0.2, -0.15) is 0 Å². The highest BCUT2D eigenvalue weighted by atomic mass is 79.9. The van der Waals surface area contributed by atoms with Crippen LogP contribution in [-0.4, -0.2) is 24.2 Å². The van der Waals surface area contributed by atoms with E-state index in [-0.39, 0.29) is 11.0 Å². The molecule has 118 valence electrons. The molecule has 5 nitrogen and oxygen atoms in total. The van der Waals surface area contributed by atoms with Crippen LogP contribution in [0.4, 0.5) is 5.69 Å². The Hall–Kier alpha value is -2.12. The minimum absolute atomic E-state index is 0.225. The maximum atomic E-state index is 12.3. The number of fused-ring (bicyclic) bond motifs is 1. The number of carbonyl (C=O) groups is 1. The molecule has 0 saturated heterocycles. The van der Waals surface area contributed by atoms with Crippen molar-refractivity contribution >= 4 is 44.9 Å². The van der Waals surface area contributed by atoms with Crippen LogP contribution in [0.1, 0.15) is 10.4 Å². The van der Waals surface area contributed by atoms with E-state index < -0.39 is 0 Å². The van der Waals surface area contributed by atoms with Gasteiger partial charge in [-0.05, 0) is 48.6 Å². The van der Waals surface area contributed by atoms with Gasteiger partial charge in [-0.3, -0.25) is 10.1 Å². The number of thiocarbonyl (C=S) groups is 1. The Kier molecular flexibility index (Phi) is 4.78. The van der Waals surface area contributed by atoms with Gasteiger partial charge in [0.1, 0.15) is 13.2 Å². The number of anilines is 1. The van der Waals surface area contributed by atoms with E-state index >= 15 is 0 Å². The minimum Gasteiger partial charge on any atom is -0.486 e. The van der Waals surface area contributed by atoms with Gasteiger partial charge in [0.05, 0.1) is 0 Å². The van der Waals surface area contributed by atoms with Gasteiger partial charge in [-0.25, -0.2) is 0 Å². The molecule has 2 aromatic rings. The van der Waals surface area contributed by atoms with Crippen molar-refractivity contribution in [2.45, 2.75) is 0 Å². The summed E-state index contributed by atoms with van der Waals surface area (Å²) >= 11 is 8.54. The lowest BCUT2D eigenvalue weighted by atomic mass is 10.2. The number of hydrogen-bond donors (Lipinski definition) is 2. The van der Waals surface area contributed by atoms with Crippen LogP contribution in [0.2, 0.25) is 0 Å². The molecule has 1 amide bonds. The summed E-state index contributed by atoms with van der Waals surface area (Å²) in [6, 6.07) is 12.5. The second kappa shape index (κ2) is 6.97. The van der Waals surface area contributed by atoms with Gasteiger partial charge >= 0.3 is 0 Å². The molecule has 0 saturated carbocycles. The maximum Gasteiger partial charge on any atom is 0.257 e. The van der Waals surface area contributed by atoms with Crippen LogP contribution in [0.25, 0.3) is 0 Å². The zero-order chi connectivity index (χ0) is 16.2. The third-order valence-corrected chi connectivity index (χ3v) is 3.81. The van der Waals surface area contributed by atoms with Gasteiger partial charge in [-0.1, -0.05) is 22.0 Å². The molecule has 3 rings (SSSR count). The van der Waals surface area contributed by atoms with Crippen molar-refractivity contribution in [3.63, 3.8) is 0 Å². The Morgan fingerprint density at radius 1 is 1.09 bits per heavy atom. The molecule has 2 N–H and O–H groups in total. The second-order valence-electron chi connectivity index (χ2n) is 4.78. The van der Waals surface area contributed by atoms with Crippen LogP contribution in [0.15, 0.2) is 46.9 Å². The molecular weight excluding hydrogens is 380 g/mol. The van der Waals surface area contributed by atoms with Crippen molar-refractivity contribution in [2.24, 2.45) is 0 Å². The lowest BCUT2D eigenvalue weighted by molar-refractivity contribution is 0.0976. The van der Waals surface area contributed by atoms with E-state index in [1.165, 1.54) is 0 Å². The number of ether oxygens (including phenoxy) is 2. The summed E-state index contributed by atoms with van der Waals surface area (Å²) in [5, 5.41) is 5.82. The number of rotatable bonds is 2. The van der Waals surface area contributed by atoms with E-state index in [1.807, 2.05) is 24.3 Å². The molecule has 1 heterocycles. The first kappa shape index (κ1) is 15.8. The van der Waals surface area contributed by atoms with E-state index in [2.05, 4.69) is 26.6 Å². The van der Waals surface area contributed by atoms with Crippen molar-refractivity contribution in [1.82, 2.24) is 5.32 Å². The standard InChI is InChI=1S/C16H13BrN2O3S/c17-11-2-1-3-12(9-11)18-16(23)19-15(20)10-4-5-13-14(8-10)22-7-6-21-13/h1-5,8-9H,6-7H2,(H2,18,19,20,23). The van der Waals surface area contributed by atoms with Crippen LogP contribution in [-0.2, 0) is 0 Å². The number of halogens is 1. The lowest BCUT2D eigenvalue weighted by Crippen LogP contribution is -2.34. The van der Waals surface area contributed by atoms with Crippen LogP contribution >= 0.6 is 28.1 Å². The minimum atomic E-state index is -0.311. The molecule has 1 aliphatic rings. The number of amides is 1. The zero-order valence-electron chi connectivity index (χ0n) is 12.0. The molecule has 0 atom stereocenters. The number of hydrogen-bond acceptors (Lipinski definition) is 4. The van der Waals surface area contributed by atoms with E-state index in [4.69, 9.17) is 21.7 Å². The summed E-state index contributed by atoms with van der Waals surface area (Å²) in [6.45, 7) is 0.986. The smallest absolute Gasteiger partial charge is 0.257 e. The van der Waals surface area contributed by atoms with Crippen LogP contribution in [0.3, 0.4) is 0 Å². The molecule has 0 unspecified atom stereocenters. The molecule has 2 aromatic carbocycles. The van der Waals surface area contributed by atoms with Crippen molar-refractivity contribution in [1.29, 1.82) is 0 Å². The van der Waals surface area contributed by atoms with E-state index in [9.17, 15) is 4.79 Å². The molecule has 0 fully saturated rings. The van der Waals surface area contributed by atoms with Crippen molar-refractivity contribution in [3.05, 3.63) is 52.5 Å². The SMILES string of the molecule is O=C(NC(=S)Nc1cccc(Br)c1)c1ccc2c(c1)OCCO2. The van der Waals surface area contributed by atoms with Crippen molar-refractivity contribution < 1.29 is 14.3 Å². The first-order valence-electron chi connectivity index (χ1n) is 6.89. The molecule has 0 radical (unpaired) electrons. The predicted molar refractivity (Wildman–Crippen MR) is 95.3 cm³/mol. The maximum absolute atomic E-state index is 12.3. The Balaban J connectivity index is 1.65. The average molecular weight is 393 g/mol. The van der Waals surface area contributed by atoms with Crippen LogP contribution in [0, 0.1) is 0 Å². The molecular formula is C16H13BrN2O3S. The Morgan fingerprint density at radius 3 is 2.65 bits per heavy atom. The summed E-state index contributed by atoms with van der Waals surface area (Å²) < 4.78 is 11.8. The second-order valence-corrected chi connectivity index (χ2v) is 6.10. The highest BCUT2D eigenvalue weighted by Crippen LogP contribution is 2.30. The largest absolute Gasteiger partial charge is 0.486 e. The normalized spacial score (nSPS) is 12.4. The van der Waals surface area contributed by atoms with Gasteiger partial charge in [0.15, 0.2) is 16.6 Å². The van der Waals surface area contributed by atoms with Crippen molar-refractivity contribution in [2.75, 3.05) is 18.5 Å². The highest BCUT2D eigenvalue weighted by Gasteiger charge is 2.15. The first-order valence-corrected chi connectivity index (χ1v) is 8.09. The fraction of sp³-hybridized carbons (Fsp3) is 0.125. The highest BCUT2D eigenvalue weighted by molar-refractivity contribution is 9.10. The fourth-order valence-electron chi connectivity index (χ4n) is 2.09. The van der Waals surface area contributed by atoms with E-state index in [0.29, 0.717) is 30.3 Å². The molecule has 0 aliphatic carbocycles. The third kappa shape index (κ3) is 4.00. The fourth-order valence-corrected chi connectivity index (χ4v) is 2.70. The van der Waals surface area contributed by atoms with E-state index in [1.54, 1.807) is 18.2 Å². The predicted octanol–water partition coefficient (Wildman–Crippen LogP) is 3.35. The summed E-state index contributed by atoms with van der Waals surface area (Å²) in [7, 11) is 0. The summed E-state index contributed by atoms with van der Waals surface area (Å²) in [4.78, 5) is 12.3. The zero-order valence-corrected chi connectivity index (χ0v) is 14.4. The number of carbonyl (C=O) groups excluding carboxylic acids is 1.